The molecule has 0 aromatic carbocycles. The molecular weight excluding hydrogens is 264 g/mol. The molecule has 0 unspecified atom stereocenters. The van der Waals surface area contributed by atoms with Crippen LogP contribution in [-0.4, -0.2) is 61.9 Å². The van der Waals surface area contributed by atoms with E-state index in [1.807, 2.05) is 0 Å². The normalized spacial score (nSPS) is 20.8. The van der Waals surface area contributed by atoms with Crippen molar-refractivity contribution in [1.82, 2.24) is 15.1 Å². The van der Waals surface area contributed by atoms with Crippen LogP contribution in [0.15, 0.2) is 4.99 Å². The number of carbonyl (C=O) groups excluding carboxylic acids is 1. The number of rotatable bonds is 4. The maximum Gasteiger partial charge on any atom is 0.243 e. The minimum atomic E-state index is 0.0522. The molecule has 5 nitrogen and oxygen atoms in total. The van der Waals surface area contributed by atoms with Gasteiger partial charge in [-0.15, -0.1) is 0 Å². The van der Waals surface area contributed by atoms with Gasteiger partial charge in [-0.3, -0.25) is 4.79 Å². The smallest absolute Gasteiger partial charge is 0.243 e. The van der Waals surface area contributed by atoms with E-state index < -0.39 is 0 Å². The molecule has 5 heteroatoms. The zero-order valence-corrected chi connectivity index (χ0v) is 14.0. The fraction of sp³-hybridized carbons (Fsp3) is 0.875. The average molecular weight is 294 g/mol. The second kappa shape index (κ2) is 6.67. The molecule has 2 rings (SSSR count). The third kappa shape index (κ3) is 4.11. The zero-order valence-electron chi connectivity index (χ0n) is 14.0. The molecule has 2 fully saturated rings. The van der Waals surface area contributed by atoms with Crippen LogP contribution in [0.25, 0.3) is 0 Å². The lowest BCUT2D eigenvalue weighted by molar-refractivity contribution is -0.127. The van der Waals surface area contributed by atoms with Crippen LogP contribution in [0, 0.1) is 11.3 Å². The van der Waals surface area contributed by atoms with Crippen molar-refractivity contribution in [3.63, 3.8) is 0 Å². The number of hydrogen-bond acceptors (Lipinski definition) is 2. The van der Waals surface area contributed by atoms with Crippen LogP contribution in [0.4, 0.5) is 0 Å². The summed E-state index contributed by atoms with van der Waals surface area (Å²) in [5.74, 6) is 1.54. The molecule has 2 aliphatic rings. The minimum absolute atomic E-state index is 0.0522. The van der Waals surface area contributed by atoms with Gasteiger partial charge in [0.25, 0.3) is 0 Å². The lowest BCUT2D eigenvalue weighted by Crippen LogP contribution is -2.44. The monoisotopic (exact) mass is 294 g/mol. The van der Waals surface area contributed by atoms with Gasteiger partial charge in [0, 0.05) is 33.7 Å². The average Bonchev–Trinajstić information content (AvgIpc) is 2.83. The van der Waals surface area contributed by atoms with Crippen molar-refractivity contribution in [3.05, 3.63) is 0 Å². The van der Waals surface area contributed by atoms with Crippen molar-refractivity contribution < 1.29 is 4.79 Å². The van der Waals surface area contributed by atoms with Crippen molar-refractivity contribution in [2.45, 2.75) is 39.5 Å². The Morgan fingerprint density at radius 2 is 2.05 bits per heavy atom. The summed E-state index contributed by atoms with van der Waals surface area (Å²) < 4.78 is 0. The summed E-state index contributed by atoms with van der Waals surface area (Å²) in [6.07, 6.45) is 5.37. The summed E-state index contributed by atoms with van der Waals surface area (Å²) in [6.45, 7) is 7.68. The summed E-state index contributed by atoms with van der Waals surface area (Å²) in [4.78, 5) is 20.3. The molecule has 1 heterocycles. The summed E-state index contributed by atoms with van der Waals surface area (Å²) >= 11 is 0. The van der Waals surface area contributed by atoms with Crippen LogP contribution in [-0.2, 0) is 4.79 Å². The Hall–Kier alpha value is -1.26. The molecule has 1 aliphatic carbocycles. The highest BCUT2D eigenvalue weighted by Gasteiger charge is 2.43. The van der Waals surface area contributed by atoms with Crippen LogP contribution in [0.2, 0.25) is 0 Å². The first-order valence-electron chi connectivity index (χ1n) is 8.15. The Bertz CT molecular complexity index is 399. The van der Waals surface area contributed by atoms with Gasteiger partial charge in [-0.1, -0.05) is 20.3 Å². The molecule has 0 bridgehead atoms. The standard InChI is InChI=1S/C16H30N4O/c1-13(2)10-17-15(18-11-14(21)19(3)4)20-9-8-16(12-20)6-5-7-16/h13H,5-12H2,1-4H3,(H,17,18). The molecule has 0 atom stereocenters. The Morgan fingerprint density at radius 1 is 1.33 bits per heavy atom. The number of likely N-dealkylation sites (N-methyl/N-ethyl adjacent to an activating group) is 1. The highest BCUT2D eigenvalue weighted by Crippen LogP contribution is 2.47. The highest BCUT2D eigenvalue weighted by molar-refractivity contribution is 5.85. The Morgan fingerprint density at radius 3 is 2.52 bits per heavy atom. The number of aliphatic imine (C=N–C) groups is 1. The molecule has 1 spiro atoms. The number of amides is 1. The third-order valence-corrected chi connectivity index (χ3v) is 4.68. The van der Waals surface area contributed by atoms with E-state index in [0.29, 0.717) is 11.3 Å². The Labute approximate surface area is 128 Å². The van der Waals surface area contributed by atoms with Gasteiger partial charge in [0.05, 0.1) is 0 Å². The lowest BCUT2D eigenvalue weighted by atomic mass is 9.68. The topological polar surface area (TPSA) is 47.9 Å². The number of hydrogen-bond donors (Lipinski definition) is 1. The quantitative estimate of drug-likeness (QED) is 0.632. The van der Waals surface area contributed by atoms with Gasteiger partial charge in [-0.2, -0.15) is 0 Å². The summed E-state index contributed by atoms with van der Waals surface area (Å²) in [5, 5.41) is 3.45. The van der Waals surface area contributed by atoms with Gasteiger partial charge >= 0.3 is 0 Å². The van der Waals surface area contributed by atoms with Crippen molar-refractivity contribution >= 4 is 11.9 Å². The van der Waals surface area contributed by atoms with Gasteiger partial charge in [-0.05, 0) is 30.6 Å². The lowest BCUT2D eigenvalue weighted by Gasteiger charge is -2.38. The molecule has 120 valence electrons. The van der Waals surface area contributed by atoms with Crippen LogP contribution >= 0.6 is 0 Å². The Balaban J connectivity index is 1.98. The van der Waals surface area contributed by atoms with Crippen LogP contribution < -0.4 is 5.32 Å². The Kier molecular flexibility index (Phi) is 5.12. The van der Waals surface area contributed by atoms with Crippen LogP contribution in [0.5, 0.6) is 0 Å². The third-order valence-electron chi connectivity index (χ3n) is 4.68. The van der Waals surface area contributed by atoms with E-state index in [2.05, 4.69) is 29.1 Å². The number of nitrogens with zero attached hydrogens (tertiary/aromatic N) is 3. The molecular formula is C16H30N4O. The summed E-state index contributed by atoms with van der Waals surface area (Å²) in [5.41, 5.74) is 0.547. The van der Waals surface area contributed by atoms with E-state index in [0.717, 1.165) is 25.6 Å². The number of guanidine groups is 1. The van der Waals surface area contributed by atoms with Gasteiger partial charge in [0.1, 0.15) is 6.54 Å². The van der Waals surface area contributed by atoms with Crippen molar-refractivity contribution in [2.24, 2.45) is 16.3 Å². The predicted molar refractivity (Wildman–Crippen MR) is 86.3 cm³/mol. The fourth-order valence-corrected chi connectivity index (χ4v) is 3.05. The molecule has 1 amide bonds. The predicted octanol–water partition coefficient (Wildman–Crippen LogP) is 1.55. The molecule has 21 heavy (non-hydrogen) atoms. The van der Waals surface area contributed by atoms with Crippen LogP contribution in [0.3, 0.4) is 0 Å². The molecule has 0 radical (unpaired) electrons. The molecule has 0 aromatic rings. The van der Waals surface area contributed by atoms with Gasteiger partial charge in [0.15, 0.2) is 5.96 Å². The second-order valence-corrected chi connectivity index (χ2v) is 7.23. The molecule has 1 N–H and O–H groups in total. The number of carbonyl (C=O) groups is 1. The highest BCUT2D eigenvalue weighted by atomic mass is 16.2. The largest absolute Gasteiger partial charge is 0.356 e. The van der Waals surface area contributed by atoms with E-state index in [1.54, 1.807) is 19.0 Å². The van der Waals surface area contributed by atoms with E-state index in [1.165, 1.54) is 25.7 Å². The first-order valence-corrected chi connectivity index (χ1v) is 8.15. The maximum atomic E-state index is 11.8. The minimum Gasteiger partial charge on any atom is -0.356 e. The van der Waals surface area contributed by atoms with Gasteiger partial charge < -0.3 is 15.1 Å². The van der Waals surface area contributed by atoms with E-state index in [4.69, 9.17) is 0 Å². The van der Waals surface area contributed by atoms with E-state index in [-0.39, 0.29) is 12.5 Å². The number of nitrogens with one attached hydrogen (secondary N) is 1. The van der Waals surface area contributed by atoms with E-state index in [9.17, 15) is 4.79 Å². The zero-order chi connectivity index (χ0) is 15.5. The SMILES string of the molecule is CC(C)CNC(=NCC(=O)N(C)C)N1CCC2(CCC2)C1. The molecule has 0 aromatic heterocycles. The summed E-state index contributed by atoms with van der Waals surface area (Å²) in [7, 11) is 3.55. The van der Waals surface area contributed by atoms with Crippen LogP contribution in [0.1, 0.15) is 39.5 Å². The van der Waals surface area contributed by atoms with Crippen molar-refractivity contribution in [2.75, 3.05) is 40.3 Å². The summed E-state index contributed by atoms with van der Waals surface area (Å²) in [6, 6.07) is 0. The number of likely N-dealkylation sites (tertiary alicyclic amines) is 1. The van der Waals surface area contributed by atoms with Crippen molar-refractivity contribution in [1.29, 1.82) is 0 Å². The van der Waals surface area contributed by atoms with E-state index >= 15 is 0 Å². The van der Waals surface area contributed by atoms with Crippen molar-refractivity contribution in [3.8, 4) is 0 Å². The van der Waals surface area contributed by atoms with Gasteiger partial charge in [-0.25, -0.2) is 4.99 Å². The second-order valence-electron chi connectivity index (χ2n) is 7.23. The molecule has 1 aliphatic heterocycles. The van der Waals surface area contributed by atoms with Gasteiger partial charge in [0.2, 0.25) is 5.91 Å². The first-order chi connectivity index (χ1) is 9.92. The molecule has 1 saturated heterocycles. The first kappa shape index (κ1) is 16.1. The molecule has 1 saturated carbocycles. The maximum absolute atomic E-state index is 11.8. The fourth-order valence-electron chi connectivity index (χ4n) is 3.05.